The highest BCUT2D eigenvalue weighted by Gasteiger charge is 2.25. The van der Waals surface area contributed by atoms with Gasteiger partial charge >= 0.3 is 0 Å². The number of aliphatic hydroxyl groups is 1. The molecule has 3 heterocycles. The van der Waals surface area contributed by atoms with Gasteiger partial charge in [0.2, 0.25) is 0 Å². The van der Waals surface area contributed by atoms with Crippen LogP contribution < -0.4 is 14.9 Å². The molecule has 3 N–H and O–H groups in total. The fourth-order valence-electron chi connectivity index (χ4n) is 5.24. The number of nitrogens with one attached hydrogen (secondary N) is 2. The number of nitrogens with zero attached hydrogens (tertiary/aromatic N) is 4. The van der Waals surface area contributed by atoms with E-state index in [-0.39, 0.29) is 5.91 Å². The second kappa shape index (κ2) is 12.3. The summed E-state index contributed by atoms with van der Waals surface area (Å²) in [6.07, 6.45) is 6.73. The van der Waals surface area contributed by atoms with Gasteiger partial charge in [0.15, 0.2) is 0 Å². The van der Waals surface area contributed by atoms with Crippen molar-refractivity contribution in [3.05, 3.63) is 83.3 Å². The summed E-state index contributed by atoms with van der Waals surface area (Å²) in [5.74, 6) is 0.812. The minimum atomic E-state index is -0.772. The van der Waals surface area contributed by atoms with Gasteiger partial charge in [-0.1, -0.05) is 37.3 Å². The molecular formula is C30H38N6O2S. The van der Waals surface area contributed by atoms with Crippen LogP contribution >= 0.6 is 11.9 Å². The number of aliphatic hydroxyl groups excluding tert-OH is 1. The summed E-state index contributed by atoms with van der Waals surface area (Å²) >= 11 is 1.76. The monoisotopic (exact) mass is 546 g/mol. The van der Waals surface area contributed by atoms with Crippen molar-refractivity contribution in [3.63, 3.8) is 0 Å². The highest BCUT2D eigenvalue weighted by Crippen LogP contribution is 2.37. The molecule has 8 nitrogen and oxygen atoms in total. The van der Waals surface area contributed by atoms with Crippen molar-refractivity contribution in [1.29, 1.82) is 0 Å². The van der Waals surface area contributed by atoms with Gasteiger partial charge in [-0.15, -0.1) is 0 Å². The van der Waals surface area contributed by atoms with Gasteiger partial charge in [-0.3, -0.25) is 9.48 Å². The molecule has 4 aromatic rings. The van der Waals surface area contributed by atoms with Gasteiger partial charge in [0.25, 0.3) is 5.91 Å². The second-order valence-electron chi connectivity index (χ2n) is 10.1. The molecule has 206 valence electrons. The van der Waals surface area contributed by atoms with Crippen LogP contribution in [-0.2, 0) is 32.5 Å². The Morgan fingerprint density at radius 3 is 2.72 bits per heavy atom. The van der Waals surface area contributed by atoms with Crippen LogP contribution in [0.5, 0.6) is 0 Å². The van der Waals surface area contributed by atoms with Gasteiger partial charge in [-0.25, -0.2) is 0 Å². The molecule has 2 aromatic carbocycles. The number of aromatic nitrogens is 3. The van der Waals surface area contributed by atoms with Gasteiger partial charge in [0.1, 0.15) is 0 Å². The molecule has 9 heteroatoms. The van der Waals surface area contributed by atoms with Gasteiger partial charge in [0.05, 0.1) is 29.5 Å². The molecule has 1 amide bonds. The van der Waals surface area contributed by atoms with Crippen LogP contribution in [0.4, 0.5) is 5.69 Å². The van der Waals surface area contributed by atoms with Gasteiger partial charge in [-0.2, -0.15) is 5.10 Å². The summed E-state index contributed by atoms with van der Waals surface area (Å²) in [5.41, 5.74) is 6.23. The lowest BCUT2D eigenvalue weighted by molar-refractivity contribution is 0.0830. The lowest BCUT2D eigenvalue weighted by atomic mass is 9.99. The summed E-state index contributed by atoms with van der Waals surface area (Å²) in [5, 5.41) is 23.2. The van der Waals surface area contributed by atoms with Crippen molar-refractivity contribution in [3.8, 4) is 0 Å². The predicted octanol–water partition coefficient (Wildman–Crippen LogP) is 4.01. The zero-order valence-electron chi connectivity index (χ0n) is 22.9. The Balaban J connectivity index is 1.37. The van der Waals surface area contributed by atoms with E-state index in [2.05, 4.69) is 51.7 Å². The Kier molecular flexibility index (Phi) is 8.60. The molecule has 2 atom stereocenters. The summed E-state index contributed by atoms with van der Waals surface area (Å²) in [6, 6.07) is 13.5. The first-order valence-electron chi connectivity index (χ1n) is 13.7. The fourth-order valence-corrected chi connectivity index (χ4v) is 6.07. The zero-order chi connectivity index (χ0) is 27.4. The Morgan fingerprint density at radius 2 is 1.97 bits per heavy atom. The van der Waals surface area contributed by atoms with Crippen LogP contribution in [-0.4, -0.2) is 56.9 Å². The predicted molar refractivity (Wildman–Crippen MR) is 159 cm³/mol. The number of amides is 1. The van der Waals surface area contributed by atoms with Crippen LogP contribution in [0.15, 0.2) is 61.1 Å². The molecular weight excluding hydrogens is 508 g/mol. The quantitative estimate of drug-likeness (QED) is 0.247. The van der Waals surface area contributed by atoms with E-state index in [0.717, 1.165) is 47.5 Å². The number of carbonyl (C=O) groups excluding carboxylic acids is 1. The largest absolute Gasteiger partial charge is 0.390 e. The molecule has 0 fully saturated rings. The average molecular weight is 547 g/mol. The molecule has 5 rings (SSSR count). The molecule has 0 spiro atoms. The summed E-state index contributed by atoms with van der Waals surface area (Å²) in [6.45, 7) is 6.92. The minimum absolute atomic E-state index is 0.171. The van der Waals surface area contributed by atoms with Crippen LogP contribution in [0.1, 0.15) is 40.9 Å². The Labute approximate surface area is 234 Å². The van der Waals surface area contributed by atoms with Crippen molar-refractivity contribution in [2.45, 2.75) is 58.5 Å². The first-order valence-corrected chi connectivity index (χ1v) is 14.7. The number of carbonyl (C=O) groups is 1. The number of hydrogen-bond donors (Lipinski definition) is 3. The van der Waals surface area contributed by atoms with E-state index >= 15 is 0 Å². The molecule has 0 saturated heterocycles. The van der Waals surface area contributed by atoms with E-state index in [1.165, 1.54) is 11.1 Å². The third kappa shape index (κ3) is 6.16. The van der Waals surface area contributed by atoms with Crippen molar-refractivity contribution in [2.75, 3.05) is 23.7 Å². The van der Waals surface area contributed by atoms with Crippen molar-refractivity contribution in [2.24, 2.45) is 0 Å². The van der Waals surface area contributed by atoms with E-state index in [1.807, 2.05) is 59.5 Å². The van der Waals surface area contributed by atoms with E-state index in [1.54, 1.807) is 11.9 Å². The average Bonchev–Trinajstić information content (AvgIpc) is 3.52. The SMILES string of the molecule is CCc1cn2c3c(cc(C(=O)N[C@@H](Cc4ccccc4)[C@H](O)CNCc4cnn(CC)c4)cc13)N(C)SCC2. The molecule has 0 unspecified atom stereocenters. The smallest absolute Gasteiger partial charge is 0.251 e. The van der Waals surface area contributed by atoms with Crippen LogP contribution in [0, 0.1) is 0 Å². The normalized spacial score (nSPS) is 14.8. The lowest BCUT2D eigenvalue weighted by Crippen LogP contribution is -2.48. The van der Waals surface area contributed by atoms with Gasteiger partial charge < -0.3 is 24.6 Å². The molecule has 1 aliphatic heterocycles. The summed E-state index contributed by atoms with van der Waals surface area (Å²) in [4.78, 5) is 13.7. The van der Waals surface area contributed by atoms with Crippen LogP contribution in [0.25, 0.3) is 10.9 Å². The first kappa shape index (κ1) is 27.3. The molecule has 1 aliphatic rings. The van der Waals surface area contributed by atoms with Crippen LogP contribution in [0.2, 0.25) is 0 Å². The number of benzene rings is 2. The van der Waals surface area contributed by atoms with Crippen molar-refractivity contribution < 1.29 is 9.90 Å². The number of hydrogen-bond acceptors (Lipinski definition) is 6. The molecule has 39 heavy (non-hydrogen) atoms. The van der Waals surface area contributed by atoms with E-state index in [0.29, 0.717) is 25.1 Å². The third-order valence-electron chi connectivity index (χ3n) is 7.41. The topological polar surface area (TPSA) is 87.4 Å². The zero-order valence-corrected chi connectivity index (χ0v) is 23.7. The minimum Gasteiger partial charge on any atom is -0.390 e. The molecule has 0 radical (unpaired) electrons. The Morgan fingerprint density at radius 1 is 1.15 bits per heavy atom. The standard InChI is InChI=1S/C30H38N6O2S/c1-4-23-20-35-11-12-39-34(3)27-15-24(14-25(23)29(27)35)30(38)33-26(13-21-9-7-6-8-10-21)28(37)18-31-16-22-17-32-36(5-2)19-22/h6-10,14-15,17,19-20,26,28,31,37H,4-5,11-13,16,18H2,1-3H3,(H,33,38)/t26-,28+/m0/s1. The van der Waals surface area contributed by atoms with E-state index < -0.39 is 12.1 Å². The summed E-state index contributed by atoms with van der Waals surface area (Å²) in [7, 11) is 2.06. The molecule has 0 aliphatic carbocycles. The fraction of sp³-hybridized carbons (Fsp3) is 0.400. The highest BCUT2D eigenvalue weighted by molar-refractivity contribution is 8.00. The maximum atomic E-state index is 13.7. The lowest BCUT2D eigenvalue weighted by Gasteiger charge is -2.25. The molecule has 0 bridgehead atoms. The number of anilines is 1. The Hall–Kier alpha value is -3.27. The summed E-state index contributed by atoms with van der Waals surface area (Å²) < 4.78 is 6.37. The Bertz CT molecular complexity index is 1420. The first-order chi connectivity index (χ1) is 19.0. The van der Waals surface area contributed by atoms with Crippen molar-refractivity contribution in [1.82, 2.24) is 25.0 Å². The van der Waals surface area contributed by atoms with Gasteiger partial charge in [-0.05, 0) is 55.0 Å². The van der Waals surface area contributed by atoms with E-state index in [9.17, 15) is 9.90 Å². The number of aryl methyl sites for hydroxylation is 3. The third-order valence-corrected chi connectivity index (χ3v) is 8.36. The van der Waals surface area contributed by atoms with Gasteiger partial charge in [0, 0.05) is 67.9 Å². The number of rotatable bonds is 11. The maximum Gasteiger partial charge on any atom is 0.251 e. The van der Waals surface area contributed by atoms with E-state index in [4.69, 9.17) is 0 Å². The highest BCUT2D eigenvalue weighted by atomic mass is 32.2. The second-order valence-corrected chi connectivity index (χ2v) is 11.3. The molecule has 2 aromatic heterocycles. The van der Waals surface area contributed by atoms with Crippen molar-refractivity contribution >= 4 is 34.4 Å². The molecule has 0 saturated carbocycles. The maximum absolute atomic E-state index is 13.7. The van der Waals surface area contributed by atoms with Crippen LogP contribution in [0.3, 0.4) is 0 Å².